The molecule has 2 atom stereocenters. The monoisotopic (exact) mass is 239 g/mol. The Kier molecular flexibility index (Phi) is 4.15. The van der Waals surface area contributed by atoms with Crippen LogP contribution in [0.5, 0.6) is 0 Å². The minimum absolute atomic E-state index is 0.0530. The summed E-state index contributed by atoms with van der Waals surface area (Å²) in [6.45, 7) is 4.01. The highest BCUT2D eigenvalue weighted by molar-refractivity contribution is 5.85. The maximum absolute atomic E-state index is 12.1. The van der Waals surface area contributed by atoms with Crippen LogP contribution in [0.4, 0.5) is 0 Å². The Hall–Kier alpha value is -0.900. The smallest absolute Gasteiger partial charge is 0.225 e. The third-order valence-corrected chi connectivity index (χ3v) is 3.80. The fraction of sp³-hybridized carbons (Fsp3) is 0.846. The van der Waals surface area contributed by atoms with Crippen molar-refractivity contribution in [3.05, 3.63) is 0 Å². The molecule has 2 aliphatic heterocycles. The van der Waals surface area contributed by atoms with E-state index >= 15 is 0 Å². The zero-order valence-corrected chi connectivity index (χ0v) is 10.5. The normalized spacial score (nSPS) is 29.7. The van der Waals surface area contributed by atoms with Gasteiger partial charge >= 0.3 is 0 Å². The Bertz CT molecular complexity index is 297. The number of Topliss-reactive ketones (excluding diaryl/α,β-unsaturated/α-hetero) is 1. The quantitative estimate of drug-likeness (QED) is 0.747. The SMILES string of the molecule is CCC1CN(C(=O)CC2CCCO2)CCC1=O. The topological polar surface area (TPSA) is 46.6 Å². The van der Waals surface area contributed by atoms with Crippen molar-refractivity contribution in [3.8, 4) is 0 Å². The molecule has 0 spiro atoms. The molecule has 1 amide bonds. The number of piperidine rings is 1. The fourth-order valence-electron chi connectivity index (χ4n) is 2.62. The molecule has 0 bridgehead atoms. The first-order chi connectivity index (χ1) is 8.20. The number of likely N-dealkylation sites (tertiary alicyclic amines) is 1. The summed E-state index contributed by atoms with van der Waals surface area (Å²) in [6.07, 6.45) is 4.02. The number of nitrogens with zero attached hydrogens (tertiary/aromatic N) is 1. The molecule has 0 radical (unpaired) electrons. The number of hydrogen-bond acceptors (Lipinski definition) is 3. The van der Waals surface area contributed by atoms with Crippen molar-refractivity contribution in [2.45, 2.75) is 45.1 Å². The highest BCUT2D eigenvalue weighted by atomic mass is 16.5. The second-order valence-corrected chi connectivity index (χ2v) is 5.00. The second-order valence-electron chi connectivity index (χ2n) is 5.00. The number of carbonyl (C=O) groups excluding carboxylic acids is 2. The molecule has 0 aliphatic carbocycles. The third-order valence-electron chi connectivity index (χ3n) is 3.80. The summed E-state index contributed by atoms with van der Waals surface area (Å²) in [4.78, 5) is 25.5. The highest BCUT2D eigenvalue weighted by Gasteiger charge is 2.30. The first kappa shape index (κ1) is 12.6. The van der Waals surface area contributed by atoms with Gasteiger partial charge in [-0.1, -0.05) is 6.92 Å². The molecule has 17 heavy (non-hydrogen) atoms. The van der Waals surface area contributed by atoms with E-state index in [1.54, 1.807) is 0 Å². The maximum Gasteiger partial charge on any atom is 0.225 e. The predicted octanol–water partition coefficient (Wildman–Crippen LogP) is 1.38. The summed E-state index contributed by atoms with van der Waals surface area (Å²) in [5.74, 6) is 0.522. The second kappa shape index (κ2) is 5.63. The van der Waals surface area contributed by atoms with E-state index in [4.69, 9.17) is 4.74 Å². The molecule has 4 heteroatoms. The summed E-state index contributed by atoms with van der Waals surface area (Å²) in [7, 11) is 0. The van der Waals surface area contributed by atoms with Gasteiger partial charge in [0.25, 0.3) is 0 Å². The van der Waals surface area contributed by atoms with Crippen molar-refractivity contribution in [1.82, 2.24) is 4.90 Å². The molecule has 2 fully saturated rings. The number of hydrogen-bond donors (Lipinski definition) is 0. The molecule has 96 valence electrons. The fourth-order valence-corrected chi connectivity index (χ4v) is 2.62. The van der Waals surface area contributed by atoms with Crippen LogP contribution < -0.4 is 0 Å². The minimum Gasteiger partial charge on any atom is -0.378 e. The summed E-state index contributed by atoms with van der Waals surface area (Å²) < 4.78 is 5.47. The molecule has 0 aromatic carbocycles. The van der Waals surface area contributed by atoms with Crippen LogP contribution in [0.15, 0.2) is 0 Å². The van der Waals surface area contributed by atoms with Gasteiger partial charge in [0, 0.05) is 32.0 Å². The summed E-state index contributed by atoms with van der Waals surface area (Å²) >= 11 is 0. The molecule has 2 unspecified atom stereocenters. The van der Waals surface area contributed by atoms with Gasteiger partial charge in [-0.3, -0.25) is 9.59 Å². The third kappa shape index (κ3) is 3.06. The lowest BCUT2D eigenvalue weighted by Crippen LogP contribution is -2.44. The van der Waals surface area contributed by atoms with Crippen LogP contribution in [0, 0.1) is 5.92 Å². The summed E-state index contributed by atoms with van der Waals surface area (Å²) in [5.41, 5.74) is 0. The molecule has 2 rings (SSSR count). The van der Waals surface area contributed by atoms with Crippen molar-refractivity contribution in [2.75, 3.05) is 19.7 Å². The van der Waals surface area contributed by atoms with Gasteiger partial charge in [0.05, 0.1) is 12.5 Å². The molecule has 0 N–H and O–H groups in total. The molecular formula is C13H21NO3. The largest absolute Gasteiger partial charge is 0.378 e. The first-order valence-corrected chi connectivity index (χ1v) is 6.62. The van der Waals surface area contributed by atoms with Crippen molar-refractivity contribution in [2.24, 2.45) is 5.92 Å². The van der Waals surface area contributed by atoms with Gasteiger partial charge in [-0.2, -0.15) is 0 Å². The average molecular weight is 239 g/mol. The van der Waals surface area contributed by atoms with E-state index in [2.05, 4.69) is 0 Å². The average Bonchev–Trinajstić information content (AvgIpc) is 2.82. The van der Waals surface area contributed by atoms with Crippen molar-refractivity contribution in [1.29, 1.82) is 0 Å². The van der Waals surface area contributed by atoms with Gasteiger partial charge in [0.1, 0.15) is 5.78 Å². The Morgan fingerprint density at radius 1 is 1.53 bits per heavy atom. The lowest BCUT2D eigenvalue weighted by Gasteiger charge is -2.32. The number of rotatable bonds is 3. The number of ether oxygens (including phenoxy) is 1. The number of ketones is 1. The van der Waals surface area contributed by atoms with Crippen LogP contribution in [-0.2, 0) is 14.3 Å². The Labute approximate surface area is 102 Å². The number of carbonyl (C=O) groups is 2. The Morgan fingerprint density at radius 3 is 3.00 bits per heavy atom. The highest BCUT2D eigenvalue weighted by Crippen LogP contribution is 2.20. The van der Waals surface area contributed by atoms with Crippen molar-refractivity contribution < 1.29 is 14.3 Å². The number of amides is 1. The standard InChI is InChI=1S/C13H21NO3/c1-2-10-9-14(6-5-12(10)15)13(16)8-11-4-3-7-17-11/h10-11H,2-9H2,1H3. The zero-order chi connectivity index (χ0) is 12.3. The van der Waals surface area contributed by atoms with E-state index in [1.165, 1.54) is 0 Å². The van der Waals surface area contributed by atoms with Crippen LogP contribution in [-0.4, -0.2) is 42.4 Å². The lowest BCUT2D eigenvalue weighted by atomic mass is 9.94. The van der Waals surface area contributed by atoms with Gasteiger partial charge < -0.3 is 9.64 Å². The van der Waals surface area contributed by atoms with Crippen LogP contribution in [0.2, 0.25) is 0 Å². The molecule has 0 saturated carbocycles. The van der Waals surface area contributed by atoms with Gasteiger partial charge in [0.2, 0.25) is 5.91 Å². The lowest BCUT2D eigenvalue weighted by molar-refractivity contribution is -0.138. The molecule has 0 aromatic heterocycles. The van der Waals surface area contributed by atoms with E-state index in [-0.39, 0.29) is 17.9 Å². The van der Waals surface area contributed by atoms with E-state index in [0.717, 1.165) is 25.9 Å². The summed E-state index contributed by atoms with van der Waals surface area (Å²) in [5, 5.41) is 0. The van der Waals surface area contributed by atoms with E-state index in [9.17, 15) is 9.59 Å². The van der Waals surface area contributed by atoms with Crippen LogP contribution >= 0.6 is 0 Å². The van der Waals surface area contributed by atoms with Crippen LogP contribution in [0.3, 0.4) is 0 Å². The van der Waals surface area contributed by atoms with Crippen LogP contribution in [0.1, 0.15) is 39.0 Å². The Morgan fingerprint density at radius 2 is 2.35 bits per heavy atom. The predicted molar refractivity (Wildman–Crippen MR) is 63.6 cm³/mol. The van der Waals surface area contributed by atoms with E-state index in [0.29, 0.717) is 31.7 Å². The zero-order valence-electron chi connectivity index (χ0n) is 10.5. The Balaban J connectivity index is 1.84. The maximum atomic E-state index is 12.1. The molecular weight excluding hydrogens is 218 g/mol. The van der Waals surface area contributed by atoms with E-state index in [1.807, 2.05) is 11.8 Å². The molecule has 4 nitrogen and oxygen atoms in total. The molecule has 0 aromatic rings. The van der Waals surface area contributed by atoms with Gasteiger partial charge in [-0.05, 0) is 19.3 Å². The van der Waals surface area contributed by atoms with E-state index < -0.39 is 0 Å². The molecule has 2 heterocycles. The molecule has 2 saturated heterocycles. The first-order valence-electron chi connectivity index (χ1n) is 6.62. The van der Waals surface area contributed by atoms with Crippen LogP contribution in [0.25, 0.3) is 0 Å². The van der Waals surface area contributed by atoms with Gasteiger partial charge in [-0.15, -0.1) is 0 Å². The molecule has 2 aliphatic rings. The van der Waals surface area contributed by atoms with Crippen molar-refractivity contribution in [3.63, 3.8) is 0 Å². The summed E-state index contributed by atoms with van der Waals surface area (Å²) in [6, 6.07) is 0. The van der Waals surface area contributed by atoms with Gasteiger partial charge in [0.15, 0.2) is 0 Å². The minimum atomic E-state index is 0.0530. The van der Waals surface area contributed by atoms with Gasteiger partial charge in [-0.25, -0.2) is 0 Å². The van der Waals surface area contributed by atoms with Crippen molar-refractivity contribution >= 4 is 11.7 Å².